The maximum absolute atomic E-state index is 12.7. The topological polar surface area (TPSA) is 105 Å². The van der Waals surface area contributed by atoms with E-state index in [1.165, 1.54) is 70.6 Å². The van der Waals surface area contributed by atoms with Crippen LogP contribution in [0.5, 0.6) is 0 Å². The average molecular weight is 672 g/mol. The Morgan fingerprint density at radius 3 is 1.76 bits per heavy atom. The Morgan fingerprint density at radius 1 is 0.717 bits per heavy atom. The second-order valence-corrected chi connectivity index (χ2v) is 15.0. The van der Waals surface area contributed by atoms with E-state index in [0.717, 1.165) is 51.4 Å². The molecule has 0 rings (SSSR count). The molecule has 0 aromatic carbocycles. The van der Waals surface area contributed by atoms with E-state index >= 15 is 0 Å². The standard InChI is InChI=1S/C37H71N2O6P/c1-6-8-10-12-14-16-18-19-20-21-23-25-27-29-31-37(41)38-35(34-45-46(42,43)44-33-32-39(3,4)5)36(40)30-28-26-24-22-17-15-13-11-9-7-2/h17-19,22,28,30,35-36,40H,6-16,20-21,23-27,29,31-34H2,1-5H3,(H-,38,41,42,43)/p+1/b19-18+,22-17+,30-28+/t35-,36+/m0/s1. The minimum atomic E-state index is -4.33. The van der Waals surface area contributed by atoms with Gasteiger partial charge in [-0.05, 0) is 57.8 Å². The number of carbonyl (C=O) groups excluding carboxylic acids is 1. The Morgan fingerprint density at radius 2 is 1.20 bits per heavy atom. The van der Waals surface area contributed by atoms with Crippen molar-refractivity contribution >= 4 is 13.7 Å². The first kappa shape index (κ1) is 44.7. The van der Waals surface area contributed by atoms with Crippen molar-refractivity contribution in [2.75, 3.05) is 40.9 Å². The number of phosphoric acid groups is 1. The lowest BCUT2D eigenvalue weighted by atomic mass is 10.1. The van der Waals surface area contributed by atoms with Crippen LogP contribution < -0.4 is 5.32 Å². The van der Waals surface area contributed by atoms with E-state index in [4.69, 9.17) is 9.05 Å². The second kappa shape index (κ2) is 29.8. The van der Waals surface area contributed by atoms with Gasteiger partial charge >= 0.3 is 7.82 Å². The van der Waals surface area contributed by atoms with Gasteiger partial charge in [-0.1, -0.05) is 115 Å². The van der Waals surface area contributed by atoms with Crippen molar-refractivity contribution in [3.63, 3.8) is 0 Å². The van der Waals surface area contributed by atoms with E-state index in [0.29, 0.717) is 17.4 Å². The van der Waals surface area contributed by atoms with Gasteiger partial charge in [-0.25, -0.2) is 4.57 Å². The molecule has 270 valence electrons. The summed E-state index contributed by atoms with van der Waals surface area (Å²) in [6.45, 7) is 4.70. The maximum atomic E-state index is 12.7. The molecule has 3 atom stereocenters. The molecule has 0 heterocycles. The average Bonchev–Trinajstić information content (AvgIpc) is 2.99. The van der Waals surface area contributed by atoms with Gasteiger partial charge in [0.1, 0.15) is 13.2 Å². The molecule has 0 aliphatic carbocycles. The van der Waals surface area contributed by atoms with Gasteiger partial charge in [0.25, 0.3) is 0 Å². The van der Waals surface area contributed by atoms with Crippen molar-refractivity contribution in [3.05, 3.63) is 36.5 Å². The fourth-order valence-corrected chi connectivity index (χ4v) is 5.55. The van der Waals surface area contributed by atoms with Crippen LogP contribution in [0.3, 0.4) is 0 Å². The molecule has 0 radical (unpaired) electrons. The first-order valence-electron chi connectivity index (χ1n) is 18.4. The number of carbonyl (C=O) groups is 1. The number of quaternary nitrogens is 1. The van der Waals surface area contributed by atoms with Crippen molar-refractivity contribution in [2.24, 2.45) is 0 Å². The smallest absolute Gasteiger partial charge is 0.387 e. The van der Waals surface area contributed by atoms with Gasteiger partial charge in [-0.3, -0.25) is 13.8 Å². The highest BCUT2D eigenvalue weighted by Crippen LogP contribution is 2.43. The van der Waals surface area contributed by atoms with Gasteiger partial charge in [0, 0.05) is 6.42 Å². The predicted molar refractivity (Wildman–Crippen MR) is 194 cm³/mol. The number of likely N-dealkylation sites (N-methyl/N-ethyl adjacent to an activating group) is 1. The Hall–Kier alpha value is -1.28. The third-order valence-corrected chi connectivity index (χ3v) is 8.82. The van der Waals surface area contributed by atoms with Crippen molar-refractivity contribution in [1.29, 1.82) is 0 Å². The van der Waals surface area contributed by atoms with E-state index in [1.807, 2.05) is 27.2 Å². The molecule has 0 bridgehead atoms. The molecule has 0 aromatic rings. The molecule has 1 amide bonds. The highest BCUT2D eigenvalue weighted by atomic mass is 31.2. The predicted octanol–water partition coefficient (Wildman–Crippen LogP) is 9.18. The minimum absolute atomic E-state index is 0.0539. The van der Waals surface area contributed by atoms with E-state index in [-0.39, 0.29) is 19.1 Å². The lowest BCUT2D eigenvalue weighted by Gasteiger charge is -2.25. The van der Waals surface area contributed by atoms with E-state index in [9.17, 15) is 19.4 Å². The van der Waals surface area contributed by atoms with Gasteiger partial charge in [0.15, 0.2) is 0 Å². The third-order valence-electron chi connectivity index (χ3n) is 7.83. The first-order valence-corrected chi connectivity index (χ1v) is 19.9. The lowest BCUT2D eigenvalue weighted by Crippen LogP contribution is -2.45. The first-order chi connectivity index (χ1) is 22.0. The monoisotopic (exact) mass is 672 g/mol. The van der Waals surface area contributed by atoms with Crippen LogP contribution in [0, 0.1) is 0 Å². The van der Waals surface area contributed by atoms with E-state index < -0.39 is 20.0 Å². The zero-order valence-corrected chi connectivity index (χ0v) is 31.2. The van der Waals surface area contributed by atoms with Gasteiger partial charge in [-0.15, -0.1) is 0 Å². The number of hydrogen-bond acceptors (Lipinski definition) is 5. The van der Waals surface area contributed by atoms with Crippen LogP contribution in [0.2, 0.25) is 0 Å². The fourth-order valence-electron chi connectivity index (χ4n) is 4.81. The molecule has 0 aromatic heterocycles. The van der Waals surface area contributed by atoms with Crippen LogP contribution in [-0.4, -0.2) is 73.4 Å². The molecule has 0 aliphatic rings. The Kier molecular flexibility index (Phi) is 29.0. The summed E-state index contributed by atoms with van der Waals surface area (Å²) in [5, 5.41) is 13.7. The van der Waals surface area contributed by atoms with Crippen LogP contribution in [-0.2, 0) is 18.4 Å². The lowest BCUT2D eigenvalue weighted by molar-refractivity contribution is -0.870. The molecule has 0 saturated heterocycles. The highest BCUT2D eigenvalue weighted by molar-refractivity contribution is 7.47. The normalized spacial score (nSPS) is 15.2. The molecule has 46 heavy (non-hydrogen) atoms. The number of rotatable bonds is 32. The molecule has 0 fully saturated rings. The van der Waals surface area contributed by atoms with Crippen LogP contribution in [0.4, 0.5) is 0 Å². The zero-order chi connectivity index (χ0) is 34.4. The Labute approximate surface area is 283 Å². The minimum Gasteiger partial charge on any atom is -0.387 e. The van der Waals surface area contributed by atoms with Crippen LogP contribution in [0.25, 0.3) is 0 Å². The number of unbranched alkanes of at least 4 members (excludes halogenated alkanes) is 15. The quantitative estimate of drug-likeness (QED) is 0.0285. The van der Waals surface area contributed by atoms with Crippen molar-refractivity contribution in [3.8, 4) is 0 Å². The molecule has 3 N–H and O–H groups in total. The molecule has 0 aliphatic heterocycles. The molecule has 0 saturated carbocycles. The fraction of sp³-hybridized carbons (Fsp3) is 0.811. The molecule has 8 nitrogen and oxygen atoms in total. The van der Waals surface area contributed by atoms with Crippen LogP contribution in [0.15, 0.2) is 36.5 Å². The van der Waals surface area contributed by atoms with Crippen molar-refractivity contribution in [1.82, 2.24) is 5.32 Å². The molecule has 0 spiro atoms. The summed E-state index contributed by atoms with van der Waals surface area (Å²) < 4.78 is 23.4. The summed E-state index contributed by atoms with van der Waals surface area (Å²) in [6.07, 6.45) is 33.5. The summed E-state index contributed by atoms with van der Waals surface area (Å²) in [4.78, 5) is 22.9. The summed E-state index contributed by atoms with van der Waals surface area (Å²) in [5.74, 6) is -0.201. The number of nitrogens with one attached hydrogen (secondary N) is 1. The number of aliphatic hydroxyl groups excluding tert-OH is 1. The van der Waals surface area contributed by atoms with Gasteiger partial charge in [-0.2, -0.15) is 0 Å². The number of amides is 1. The maximum Gasteiger partial charge on any atom is 0.472 e. The summed E-state index contributed by atoms with van der Waals surface area (Å²) in [7, 11) is 1.54. The van der Waals surface area contributed by atoms with Gasteiger partial charge < -0.3 is 19.8 Å². The SMILES string of the molecule is CCCCCC/C=C/CC/C=C/[C@@H](O)[C@H](COP(=O)(O)OCC[N+](C)(C)C)NC(=O)CCCCCCC/C=C/CCCCCCC. The van der Waals surface area contributed by atoms with Crippen LogP contribution >= 0.6 is 7.82 Å². The second-order valence-electron chi connectivity index (χ2n) is 13.6. The zero-order valence-electron chi connectivity index (χ0n) is 30.3. The van der Waals surface area contributed by atoms with Crippen molar-refractivity contribution in [2.45, 2.75) is 154 Å². The van der Waals surface area contributed by atoms with Gasteiger partial charge in [0.05, 0.1) is 39.9 Å². The van der Waals surface area contributed by atoms with E-state index in [2.05, 4.69) is 43.5 Å². The number of hydrogen-bond donors (Lipinski definition) is 3. The summed E-state index contributed by atoms with van der Waals surface area (Å²) in [6, 6.07) is -0.862. The van der Waals surface area contributed by atoms with Crippen molar-refractivity contribution < 1.29 is 32.9 Å². The number of nitrogens with zero attached hydrogens (tertiary/aromatic N) is 1. The summed E-state index contributed by atoms with van der Waals surface area (Å²) >= 11 is 0. The van der Waals surface area contributed by atoms with Gasteiger partial charge in [0.2, 0.25) is 5.91 Å². The Bertz CT molecular complexity index is 855. The number of aliphatic hydroxyl groups is 1. The molecule has 1 unspecified atom stereocenters. The number of allylic oxidation sites excluding steroid dienone is 5. The number of phosphoric ester groups is 1. The van der Waals surface area contributed by atoms with E-state index in [1.54, 1.807) is 6.08 Å². The largest absolute Gasteiger partial charge is 0.472 e. The molecular formula is C37H72N2O6P+. The Balaban J connectivity index is 4.60. The molecule has 9 heteroatoms. The van der Waals surface area contributed by atoms with Crippen LogP contribution in [0.1, 0.15) is 142 Å². The highest BCUT2D eigenvalue weighted by Gasteiger charge is 2.27. The molecular weight excluding hydrogens is 599 g/mol. The summed E-state index contributed by atoms with van der Waals surface area (Å²) in [5.41, 5.74) is 0. The third kappa shape index (κ3) is 31.3.